The number of fused-ring (bicyclic) bond motifs is 1. The summed E-state index contributed by atoms with van der Waals surface area (Å²) in [5, 5.41) is 13.1. The zero-order valence-corrected chi connectivity index (χ0v) is 13.3. The van der Waals surface area contributed by atoms with E-state index in [4.69, 9.17) is 16.3 Å². The highest BCUT2D eigenvalue weighted by molar-refractivity contribution is 6.35. The standard InChI is InChI=1S/C17H15ClN2O3/c1-11-4-2-5-12(10-11)23-9-8-20-16-13(6-3-7-14(16)18)15(19-22)17(20)21/h2-7,10,21H,8-9H2,1H3/p+1. The number of aryl methyl sites for hydroxylation is 1. The molecule has 0 aliphatic carbocycles. The highest BCUT2D eigenvalue weighted by atomic mass is 35.5. The van der Waals surface area contributed by atoms with Gasteiger partial charge in [0.1, 0.15) is 12.4 Å². The minimum absolute atomic E-state index is 0.123. The molecular formula is C17H16ClN2O3+. The Morgan fingerprint density at radius 3 is 2.78 bits per heavy atom. The van der Waals surface area contributed by atoms with Gasteiger partial charge in [0.25, 0.3) is 5.88 Å². The molecule has 0 saturated carbocycles. The number of rotatable bonds is 5. The van der Waals surface area contributed by atoms with E-state index in [9.17, 15) is 10.0 Å². The summed E-state index contributed by atoms with van der Waals surface area (Å²) in [6.07, 6.45) is 0. The van der Waals surface area contributed by atoms with Crippen molar-refractivity contribution < 1.29 is 15.0 Å². The minimum atomic E-state index is -0.143. The number of hydrogen-bond acceptors (Lipinski definition) is 3. The van der Waals surface area contributed by atoms with Gasteiger partial charge < -0.3 is 14.4 Å². The van der Waals surface area contributed by atoms with E-state index in [-0.39, 0.29) is 11.6 Å². The second-order valence-electron chi connectivity index (χ2n) is 5.25. The number of halogens is 1. The van der Waals surface area contributed by atoms with Crippen molar-refractivity contribution in [3.8, 4) is 11.6 Å². The number of aromatic hydroxyl groups is 1. The van der Waals surface area contributed by atoms with E-state index in [1.165, 1.54) is 0 Å². The van der Waals surface area contributed by atoms with Crippen LogP contribution in [0.15, 0.2) is 42.5 Å². The van der Waals surface area contributed by atoms with Crippen molar-refractivity contribution in [3.05, 3.63) is 58.0 Å². The van der Waals surface area contributed by atoms with Crippen LogP contribution in [0.1, 0.15) is 5.56 Å². The van der Waals surface area contributed by atoms with Crippen molar-refractivity contribution in [3.63, 3.8) is 0 Å². The molecule has 1 aromatic heterocycles. The first kappa shape index (κ1) is 15.4. The molecule has 2 N–H and O–H groups in total. The van der Waals surface area contributed by atoms with Crippen LogP contribution in [0.5, 0.6) is 11.6 Å². The third-order valence-corrected chi connectivity index (χ3v) is 3.99. The molecule has 0 radical (unpaired) electrons. The molecule has 0 atom stereocenters. The third-order valence-electron chi connectivity index (χ3n) is 3.68. The van der Waals surface area contributed by atoms with E-state index in [1.54, 1.807) is 27.9 Å². The molecule has 118 valence electrons. The van der Waals surface area contributed by atoms with Crippen LogP contribution >= 0.6 is 11.6 Å². The molecule has 2 aromatic carbocycles. The van der Waals surface area contributed by atoms with Crippen molar-refractivity contribution in [1.29, 1.82) is 0 Å². The molecule has 0 unspecified atom stereocenters. The van der Waals surface area contributed by atoms with Crippen LogP contribution in [0.2, 0.25) is 5.02 Å². The molecule has 6 heteroatoms. The fraction of sp³-hybridized carbons (Fsp3) is 0.176. The summed E-state index contributed by atoms with van der Waals surface area (Å²) in [5.74, 6) is 0.616. The van der Waals surface area contributed by atoms with Crippen molar-refractivity contribution in [2.45, 2.75) is 13.5 Å². The molecule has 3 rings (SSSR count). The van der Waals surface area contributed by atoms with Crippen LogP contribution in [0.4, 0.5) is 5.69 Å². The molecule has 0 spiro atoms. The summed E-state index contributed by atoms with van der Waals surface area (Å²) in [6, 6.07) is 12.9. The molecule has 0 fully saturated rings. The molecular weight excluding hydrogens is 316 g/mol. The van der Waals surface area contributed by atoms with E-state index in [0.717, 1.165) is 11.3 Å². The maximum absolute atomic E-state index is 11.1. The summed E-state index contributed by atoms with van der Waals surface area (Å²) >= 11 is 6.22. The number of nitrogens with one attached hydrogen (secondary N) is 1. The molecule has 0 saturated heterocycles. The van der Waals surface area contributed by atoms with Crippen LogP contribution in [-0.4, -0.2) is 16.3 Å². The predicted molar refractivity (Wildman–Crippen MR) is 89.3 cm³/mol. The Hall–Kier alpha value is -2.53. The highest BCUT2D eigenvalue weighted by Gasteiger charge is 2.23. The Morgan fingerprint density at radius 2 is 2.04 bits per heavy atom. The van der Waals surface area contributed by atoms with Crippen LogP contribution in [0.3, 0.4) is 0 Å². The number of hydrogen-bond donors (Lipinski definition) is 2. The number of para-hydroxylation sites is 1. The van der Waals surface area contributed by atoms with Gasteiger partial charge in [-0.1, -0.05) is 29.8 Å². The van der Waals surface area contributed by atoms with E-state index in [2.05, 4.69) is 0 Å². The minimum Gasteiger partial charge on any atom is -0.492 e. The molecule has 3 aromatic rings. The van der Waals surface area contributed by atoms with E-state index < -0.39 is 0 Å². The number of benzene rings is 2. The SMILES string of the molecule is Cc1cccc(OCCn2c(O)c([NH+]=O)c3cccc(Cl)c32)c1. The summed E-state index contributed by atoms with van der Waals surface area (Å²) in [7, 11) is 0. The van der Waals surface area contributed by atoms with Gasteiger partial charge in [-0.15, -0.1) is 0 Å². The van der Waals surface area contributed by atoms with Crippen molar-refractivity contribution >= 4 is 28.2 Å². The number of ether oxygens (including phenoxy) is 1. The van der Waals surface area contributed by atoms with E-state index in [0.29, 0.717) is 29.1 Å². The Balaban J connectivity index is 1.88. The first-order valence-electron chi connectivity index (χ1n) is 7.19. The van der Waals surface area contributed by atoms with Gasteiger partial charge >= 0.3 is 5.69 Å². The van der Waals surface area contributed by atoms with Crippen molar-refractivity contribution in [2.75, 3.05) is 6.61 Å². The zero-order chi connectivity index (χ0) is 16.4. The van der Waals surface area contributed by atoms with Gasteiger partial charge in [0.05, 0.1) is 22.5 Å². The lowest BCUT2D eigenvalue weighted by atomic mass is 10.2. The molecule has 0 amide bonds. The monoisotopic (exact) mass is 331 g/mol. The summed E-state index contributed by atoms with van der Waals surface area (Å²) in [6.45, 7) is 2.69. The molecule has 0 aliphatic rings. The van der Waals surface area contributed by atoms with Gasteiger partial charge in [-0.05, 0) is 36.8 Å². The molecule has 0 aliphatic heterocycles. The number of nitroso groups, excluding NO2 is 1. The van der Waals surface area contributed by atoms with Crippen molar-refractivity contribution in [1.82, 2.24) is 4.57 Å². The largest absolute Gasteiger partial charge is 0.492 e. The third kappa shape index (κ3) is 2.87. The normalized spacial score (nSPS) is 10.9. The lowest BCUT2D eigenvalue weighted by Gasteiger charge is -2.09. The smallest absolute Gasteiger partial charge is 0.322 e. The number of nitrogens with zero attached hydrogens (tertiary/aromatic N) is 1. The predicted octanol–water partition coefficient (Wildman–Crippen LogP) is 2.87. The second kappa shape index (κ2) is 6.30. The number of aromatic nitrogens is 1. The first-order chi connectivity index (χ1) is 11.1. The highest BCUT2D eigenvalue weighted by Crippen LogP contribution is 2.36. The van der Waals surface area contributed by atoms with Gasteiger partial charge in [-0.25, -0.2) is 0 Å². The lowest BCUT2D eigenvalue weighted by Crippen LogP contribution is -2.55. The summed E-state index contributed by atoms with van der Waals surface area (Å²) in [5.41, 5.74) is 1.84. The van der Waals surface area contributed by atoms with Gasteiger partial charge in [0, 0.05) is 10.1 Å². The topological polar surface area (TPSA) is 65.4 Å². The summed E-state index contributed by atoms with van der Waals surface area (Å²) in [4.78, 5) is 11.1. The van der Waals surface area contributed by atoms with E-state index >= 15 is 0 Å². The van der Waals surface area contributed by atoms with Crippen LogP contribution in [0.25, 0.3) is 10.9 Å². The van der Waals surface area contributed by atoms with Crippen molar-refractivity contribution in [2.24, 2.45) is 0 Å². The lowest BCUT2D eigenvalue weighted by molar-refractivity contribution is -0.378. The van der Waals surface area contributed by atoms with Crippen LogP contribution in [0, 0.1) is 11.8 Å². The molecule has 5 nitrogen and oxygen atoms in total. The molecule has 0 bridgehead atoms. The van der Waals surface area contributed by atoms with Crippen LogP contribution in [-0.2, 0) is 6.54 Å². The summed E-state index contributed by atoms with van der Waals surface area (Å²) < 4.78 is 7.28. The first-order valence-corrected chi connectivity index (χ1v) is 7.57. The van der Waals surface area contributed by atoms with Gasteiger partial charge in [-0.2, -0.15) is 0 Å². The Morgan fingerprint density at radius 1 is 1.26 bits per heavy atom. The van der Waals surface area contributed by atoms with Gasteiger partial charge in [0.15, 0.2) is 0 Å². The Kier molecular flexibility index (Phi) is 4.21. The second-order valence-corrected chi connectivity index (χ2v) is 5.66. The molecule has 23 heavy (non-hydrogen) atoms. The fourth-order valence-corrected chi connectivity index (χ4v) is 2.91. The average molecular weight is 332 g/mol. The quantitative estimate of drug-likeness (QED) is 0.755. The van der Waals surface area contributed by atoms with E-state index in [1.807, 2.05) is 31.2 Å². The molecule has 1 heterocycles. The van der Waals surface area contributed by atoms with Gasteiger partial charge in [-0.3, -0.25) is 0 Å². The Labute approximate surface area is 138 Å². The maximum atomic E-state index is 11.1. The average Bonchev–Trinajstić information content (AvgIpc) is 2.80. The van der Waals surface area contributed by atoms with Gasteiger partial charge in [0.2, 0.25) is 0 Å². The van der Waals surface area contributed by atoms with Crippen LogP contribution < -0.4 is 9.91 Å². The zero-order valence-electron chi connectivity index (χ0n) is 12.5. The Bertz CT molecular complexity index is 874. The maximum Gasteiger partial charge on any atom is 0.322 e. The fourth-order valence-electron chi connectivity index (χ4n) is 2.63.